The summed E-state index contributed by atoms with van der Waals surface area (Å²) in [6.07, 6.45) is 15.8. The zero-order valence-electron chi connectivity index (χ0n) is 22.3. The predicted octanol–water partition coefficient (Wildman–Crippen LogP) is -0.218. The summed E-state index contributed by atoms with van der Waals surface area (Å²) < 4.78 is 22.0. The molecule has 0 heterocycles. The van der Waals surface area contributed by atoms with Crippen LogP contribution in [0.2, 0.25) is 0 Å². The van der Waals surface area contributed by atoms with Crippen molar-refractivity contribution in [2.45, 2.75) is 109 Å². The van der Waals surface area contributed by atoms with Gasteiger partial charge in [-0.15, -0.1) is 0 Å². The summed E-state index contributed by atoms with van der Waals surface area (Å²) in [5.41, 5.74) is -0.865. The van der Waals surface area contributed by atoms with Crippen LogP contribution in [-0.4, -0.2) is 40.9 Å². The van der Waals surface area contributed by atoms with Gasteiger partial charge in [0.05, 0.1) is 0 Å². The van der Waals surface area contributed by atoms with Crippen molar-refractivity contribution < 1.29 is 101 Å². The molecule has 6 N–H and O–H groups in total. The van der Waals surface area contributed by atoms with Gasteiger partial charge in [0.25, 0.3) is 0 Å². The normalized spacial score (nSPS) is 12.8. The fourth-order valence-corrected chi connectivity index (χ4v) is 4.50. The SMILES string of the molecule is O=P(O)(O)/C(CCCCCCCCCCCCCCCCC/C(=N\O)P(=O)(O)O)=N\O.[H-].[H-].[Na+].[Na+]. The maximum atomic E-state index is 11.0. The Bertz CT molecular complexity index is 586. The van der Waals surface area contributed by atoms with E-state index in [9.17, 15) is 9.13 Å². The third kappa shape index (κ3) is 23.4. The Morgan fingerprint density at radius 1 is 0.485 bits per heavy atom. The largest absolute Gasteiger partial charge is 1.00 e. The Labute approximate surface area is 244 Å². The van der Waals surface area contributed by atoms with Crippen LogP contribution in [0.15, 0.2) is 10.3 Å². The molecule has 33 heavy (non-hydrogen) atoms. The minimum absolute atomic E-state index is 0. The van der Waals surface area contributed by atoms with Crippen molar-refractivity contribution in [3.05, 3.63) is 0 Å². The second-order valence-electron chi connectivity index (χ2n) is 7.92. The van der Waals surface area contributed by atoms with E-state index in [0.717, 1.165) is 51.4 Å². The number of oxime groups is 2. The van der Waals surface area contributed by atoms with Gasteiger partial charge in [-0.2, -0.15) is 0 Å². The van der Waals surface area contributed by atoms with Crippen LogP contribution in [0, 0.1) is 0 Å². The van der Waals surface area contributed by atoms with E-state index in [1.807, 2.05) is 0 Å². The van der Waals surface area contributed by atoms with Crippen LogP contribution in [0.5, 0.6) is 0 Å². The maximum absolute atomic E-state index is 11.0. The Balaban J connectivity index is -0.000000750. The number of rotatable bonds is 20. The van der Waals surface area contributed by atoms with Crippen LogP contribution in [0.4, 0.5) is 0 Å². The van der Waals surface area contributed by atoms with Gasteiger partial charge in [-0.25, -0.2) is 0 Å². The van der Waals surface area contributed by atoms with E-state index >= 15 is 0 Å². The average molecular weight is 534 g/mol. The Hall–Kier alpha value is 1.24. The number of hydrogen-bond donors (Lipinski definition) is 6. The van der Waals surface area contributed by atoms with Crippen molar-refractivity contribution in [1.29, 1.82) is 0 Å². The quantitative estimate of drug-likeness (QED) is 0.0310. The summed E-state index contributed by atoms with van der Waals surface area (Å²) in [6, 6.07) is 0. The predicted molar refractivity (Wildman–Crippen MR) is 123 cm³/mol. The van der Waals surface area contributed by atoms with Gasteiger partial charge >= 0.3 is 74.3 Å². The minimum Gasteiger partial charge on any atom is -1.00 e. The molecule has 0 saturated heterocycles. The van der Waals surface area contributed by atoms with Gasteiger partial charge in [-0.05, 0) is 12.8 Å². The van der Waals surface area contributed by atoms with Gasteiger partial charge in [0.15, 0.2) is 10.9 Å². The van der Waals surface area contributed by atoms with Crippen LogP contribution in [0.1, 0.15) is 112 Å². The average Bonchev–Trinajstić information content (AvgIpc) is 2.68. The van der Waals surface area contributed by atoms with Crippen LogP contribution >= 0.6 is 15.2 Å². The first kappa shape index (κ1) is 38.8. The number of nitrogens with zero attached hydrogens (tertiary/aromatic N) is 2. The van der Waals surface area contributed by atoms with Crippen LogP contribution < -0.4 is 59.1 Å². The summed E-state index contributed by atoms with van der Waals surface area (Å²) in [4.78, 5) is 35.8. The van der Waals surface area contributed by atoms with E-state index in [-0.39, 0.29) is 74.8 Å². The van der Waals surface area contributed by atoms with Crippen molar-refractivity contribution in [1.82, 2.24) is 0 Å². The standard InChI is InChI=1S/C19H40N2O8P2.2Na.2H/c22-20-18(30(24,25)26)16-14-12-10-8-6-4-2-1-3-5-7-9-11-13-15-17-19(21-23)31(27,28)29;;;;/h22-23H,1-17H2,(H2,24,25,26)(H2,27,28,29);;;;/q;2*+1;2*-1/b20-18-,21-19+;;;;. The van der Waals surface area contributed by atoms with Gasteiger partial charge < -0.3 is 32.8 Å². The monoisotopic (exact) mass is 534 g/mol. The first-order valence-electron chi connectivity index (χ1n) is 11.2. The molecule has 0 aromatic heterocycles. The summed E-state index contributed by atoms with van der Waals surface area (Å²) >= 11 is 0. The fraction of sp³-hybridized carbons (Fsp3) is 0.895. The van der Waals surface area contributed by atoms with Gasteiger partial charge in [-0.3, -0.25) is 9.13 Å². The van der Waals surface area contributed by atoms with Crippen molar-refractivity contribution in [2.75, 3.05) is 0 Å². The van der Waals surface area contributed by atoms with E-state index in [0.29, 0.717) is 12.8 Å². The Morgan fingerprint density at radius 3 is 0.818 bits per heavy atom. The molecule has 0 atom stereocenters. The molecule has 14 heteroatoms. The summed E-state index contributed by atoms with van der Waals surface area (Å²) in [5, 5.41) is 22.6. The molecule has 0 aromatic carbocycles. The molecule has 0 radical (unpaired) electrons. The molecule has 0 spiro atoms. The molecule has 0 aliphatic carbocycles. The molecule has 0 fully saturated rings. The molecular weight excluding hydrogens is 492 g/mol. The third-order valence-electron chi connectivity index (χ3n) is 5.20. The minimum atomic E-state index is -4.41. The van der Waals surface area contributed by atoms with Crippen LogP contribution in [0.3, 0.4) is 0 Å². The van der Waals surface area contributed by atoms with Crippen LogP contribution in [-0.2, 0) is 9.13 Å². The molecule has 10 nitrogen and oxygen atoms in total. The molecule has 0 unspecified atom stereocenters. The van der Waals surface area contributed by atoms with E-state index in [2.05, 4.69) is 10.3 Å². The fourth-order valence-electron chi connectivity index (χ4n) is 3.37. The zero-order valence-corrected chi connectivity index (χ0v) is 26.1. The summed E-state index contributed by atoms with van der Waals surface area (Å²) in [5.74, 6) is 0. The molecule has 0 aliphatic rings. The third-order valence-corrected chi connectivity index (χ3v) is 7.18. The van der Waals surface area contributed by atoms with Crippen molar-refractivity contribution >= 4 is 26.1 Å². The van der Waals surface area contributed by atoms with E-state index < -0.39 is 26.1 Å². The molecule has 0 aromatic rings. The summed E-state index contributed by atoms with van der Waals surface area (Å²) in [6.45, 7) is 0. The first-order valence-corrected chi connectivity index (χ1v) is 14.4. The molecule has 0 amide bonds. The number of hydrogen-bond acceptors (Lipinski definition) is 6. The Kier molecular flexibility index (Phi) is 27.8. The number of unbranched alkanes of at least 4 members (excludes halogenated alkanes) is 14. The van der Waals surface area contributed by atoms with Crippen molar-refractivity contribution in [3.63, 3.8) is 0 Å². The maximum Gasteiger partial charge on any atom is 1.00 e. The van der Waals surface area contributed by atoms with E-state index in [1.54, 1.807) is 0 Å². The molecule has 0 rings (SSSR count). The molecule has 0 saturated carbocycles. The second-order valence-corrected chi connectivity index (χ2v) is 11.1. The van der Waals surface area contributed by atoms with Gasteiger partial charge in [0.2, 0.25) is 0 Å². The van der Waals surface area contributed by atoms with E-state index in [1.165, 1.54) is 32.1 Å². The van der Waals surface area contributed by atoms with Crippen molar-refractivity contribution in [3.8, 4) is 0 Å². The van der Waals surface area contributed by atoms with Gasteiger partial charge in [-0.1, -0.05) is 93.8 Å². The summed E-state index contributed by atoms with van der Waals surface area (Å²) in [7, 11) is -8.83. The first-order chi connectivity index (χ1) is 14.6. The smallest absolute Gasteiger partial charge is 1.00 e. The van der Waals surface area contributed by atoms with Crippen LogP contribution in [0.25, 0.3) is 0 Å². The van der Waals surface area contributed by atoms with Crippen molar-refractivity contribution in [2.24, 2.45) is 10.3 Å². The van der Waals surface area contributed by atoms with E-state index in [4.69, 9.17) is 30.0 Å². The van der Waals surface area contributed by atoms with Gasteiger partial charge in [0, 0.05) is 12.8 Å². The molecule has 188 valence electrons. The van der Waals surface area contributed by atoms with Gasteiger partial charge in [0.1, 0.15) is 0 Å². The Morgan fingerprint density at radius 2 is 0.667 bits per heavy atom. The molecule has 0 aliphatic heterocycles. The zero-order chi connectivity index (χ0) is 23.6. The second kappa shape index (κ2) is 23.6. The molecule has 0 bridgehead atoms. The molecular formula is C19H42N2Na2O8P2. The topological polar surface area (TPSA) is 180 Å².